The quantitative estimate of drug-likeness (QED) is 0.414. The number of aromatic nitrogens is 1. The van der Waals surface area contributed by atoms with Crippen LogP contribution in [0, 0.1) is 0 Å². The Morgan fingerprint density at radius 3 is 2.73 bits per heavy atom. The van der Waals surface area contributed by atoms with E-state index >= 15 is 0 Å². The maximum atomic E-state index is 12.2. The van der Waals surface area contributed by atoms with Gasteiger partial charge < -0.3 is 14.4 Å². The minimum Gasteiger partial charge on any atom is -0.456 e. The minimum atomic E-state index is -1.08. The molecule has 2 amide bonds. The van der Waals surface area contributed by atoms with Crippen molar-refractivity contribution in [2.75, 3.05) is 49.1 Å². The summed E-state index contributed by atoms with van der Waals surface area (Å²) in [6, 6.07) is 3.56. The molecule has 33 heavy (non-hydrogen) atoms. The van der Waals surface area contributed by atoms with E-state index in [1.165, 1.54) is 16.8 Å². The van der Waals surface area contributed by atoms with Crippen molar-refractivity contribution in [3.05, 3.63) is 18.3 Å². The molecule has 1 aromatic heterocycles. The zero-order valence-corrected chi connectivity index (χ0v) is 19.5. The third-order valence-electron chi connectivity index (χ3n) is 5.18. The summed E-state index contributed by atoms with van der Waals surface area (Å²) in [5.41, 5.74) is 3.59. The number of ether oxygens (including phenoxy) is 2. The predicted molar refractivity (Wildman–Crippen MR) is 120 cm³/mol. The third-order valence-corrected chi connectivity index (χ3v) is 5.66. The Kier molecular flexibility index (Phi) is 8.70. The number of amides is 2. The summed E-state index contributed by atoms with van der Waals surface area (Å²) in [7, 11) is 0. The van der Waals surface area contributed by atoms with Crippen LogP contribution in [-0.2, 0) is 23.9 Å². The van der Waals surface area contributed by atoms with Crippen molar-refractivity contribution in [3.8, 4) is 0 Å². The highest BCUT2D eigenvalue weighted by Gasteiger charge is 2.33. The molecule has 0 bridgehead atoms. The first-order valence-electron chi connectivity index (χ1n) is 10.4. The maximum absolute atomic E-state index is 12.2. The van der Waals surface area contributed by atoms with Crippen LogP contribution in [0.5, 0.6) is 0 Å². The van der Waals surface area contributed by atoms with E-state index in [9.17, 15) is 19.2 Å². The summed E-state index contributed by atoms with van der Waals surface area (Å²) in [6.45, 7) is 3.25. The number of halogens is 2. The number of carbonyl (C=O) groups excluding carboxylic acids is 4. The van der Waals surface area contributed by atoms with Crippen molar-refractivity contribution in [1.29, 1.82) is 0 Å². The van der Waals surface area contributed by atoms with Crippen LogP contribution >= 0.6 is 23.2 Å². The Hall–Kier alpha value is -2.63. The number of rotatable bonds is 8. The number of anilines is 2. The number of Topliss-reactive ketones (excluding diaryl/α,β-unsaturated/α-hetero) is 1. The molecule has 1 aromatic rings. The normalized spacial score (nSPS) is 18.8. The molecular weight excluding hydrogens is 477 g/mol. The average molecular weight is 502 g/mol. The molecule has 0 aliphatic carbocycles. The predicted octanol–water partition coefficient (Wildman–Crippen LogP) is 1.28. The van der Waals surface area contributed by atoms with E-state index in [4.69, 9.17) is 32.7 Å². The third kappa shape index (κ3) is 6.92. The largest absolute Gasteiger partial charge is 0.456 e. The molecule has 0 aromatic carbocycles. The van der Waals surface area contributed by atoms with Crippen molar-refractivity contribution in [3.63, 3.8) is 0 Å². The van der Waals surface area contributed by atoms with Gasteiger partial charge >= 0.3 is 12.1 Å². The number of nitrogens with one attached hydrogen (secondary N) is 1. The second kappa shape index (κ2) is 11.5. The van der Waals surface area contributed by atoms with E-state index in [1.807, 2.05) is 4.90 Å². The van der Waals surface area contributed by atoms with E-state index < -0.39 is 23.0 Å². The van der Waals surface area contributed by atoms with Crippen LogP contribution in [0.15, 0.2) is 18.3 Å². The van der Waals surface area contributed by atoms with Gasteiger partial charge in [-0.15, -0.1) is 0 Å². The number of esters is 1. The van der Waals surface area contributed by atoms with Crippen LogP contribution in [0.25, 0.3) is 0 Å². The summed E-state index contributed by atoms with van der Waals surface area (Å²) in [5, 5.41) is 1.43. The molecule has 1 N–H and O–H groups in total. The van der Waals surface area contributed by atoms with Gasteiger partial charge in [0.05, 0.1) is 25.0 Å². The van der Waals surface area contributed by atoms with E-state index in [2.05, 4.69) is 10.4 Å². The number of hydrogen-bond donors (Lipinski definition) is 1. The van der Waals surface area contributed by atoms with Crippen molar-refractivity contribution in [2.45, 2.75) is 30.7 Å². The molecule has 2 saturated heterocycles. The van der Waals surface area contributed by atoms with Crippen molar-refractivity contribution < 1.29 is 28.7 Å². The number of hydrazine groups is 1. The lowest BCUT2D eigenvalue weighted by Gasteiger charge is -2.22. The van der Waals surface area contributed by atoms with E-state index in [1.54, 1.807) is 18.3 Å². The molecule has 2 fully saturated rings. The Morgan fingerprint density at radius 1 is 1.27 bits per heavy atom. The van der Waals surface area contributed by atoms with Crippen LogP contribution in [0.3, 0.4) is 0 Å². The Balaban J connectivity index is 1.53. The van der Waals surface area contributed by atoms with Gasteiger partial charge in [0.2, 0.25) is 0 Å². The Labute approximate surface area is 200 Å². The number of alkyl halides is 2. The number of pyridine rings is 1. The zero-order valence-electron chi connectivity index (χ0n) is 18.0. The van der Waals surface area contributed by atoms with Crippen LogP contribution in [0.2, 0.25) is 0 Å². The highest BCUT2D eigenvalue weighted by atomic mass is 35.5. The van der Waals surface area contributed by atoms with Crippen molar-refractivity contribution in [2.24, 2.45) is 0 Å². The second-order valence-corrected chi connectivity index (χ2v) is 8.61. The van der Waals surface area contributed by atoms with Crippen LogP contribution in [0.1, 0.15) is 19.8 Å². The lowest BCUT2D eigenvalue weighted by molar-refractivity contribution is -0.151. The summed E-state index contributed by atoms with van der Waals surface area (Å²) < 4.78 is 10.1. The number of cyclic esters (lactones) is 1. The summed E-state index contributed by atoms with van der Waals surface area (Å²) in [6.07, 6.45) is 1.12. The van der Waals surface area contributed by atoms with Gasteiger partial charge in [-0.1, -0.05) is 23.2 Å². The zero-order chi connectivity index (χ0) is 24.0. The van der Waals surface area contributed by atoms with Crippen molar-refractivity contribution in [1.82, 2.24) is 15.4 Å². The van der Waals surface area contributed by atoms with Crippen molar-refractivity contribution >= 4 is 58.5 Å². The fourth-order valence-corrected chi connectivity index (χ4v) is 3.65. The molecular formula is C20H25Cl2N5O6. The lowest BCUT2D eigenvalue weighted by Crippen LogP contribution is -2.45. The molecule has 0 radical (unpaired) electrons. The first-order valence-corrected chi connectivity index (χ1v) is 11.3. The number of hydrogen-bond acceptors (Lipinski definition) is 9. The highest BCUT2D eigenvalue weighted by Crippen LogP contribution is 2.25. The molecule has 0 saturated carbocycles. The monoisotopic (exact) mass is 501 g/mol. The molecule has 1 atom stereocenters. The fourth-order valence-electron chi connectivity index (χ4n) is 3.43. The van der Waals surface area contributed by atoms with Crippen LogP contribution in [0.4, 0.5) is 16.3 Å². The molecule has 2 aliphatic heterocycles. The number of nitrogens with zero attached hydrogens (tertiary/aromatic N) is 4. The first-order chi connectivity index (χ1) is 15.7. The molecule has 11 nitrogen and oxygen atoms in total. The molecule has 3 rings (SSSR count). The van der Waals surface area contributed by atoms with Gasteiger partial charge in [-0.3, -0.25) is 24.3 Å². The SMILES string of the molecule is CC(=O)OCC(=O)N1CCN(c2ccc(N3C[C@H](CCC(=O)C(Cl)Cl)OC3=O)cn2)CCN1. The number of ketones is 1. The topological polar surface area (TPSA) is 121 Å². The van der Waals surface area contributed by atoms with Gasteiger partial charge in [0, 0.05) is 33.0 Å². The van der Waals surface area contributed by atoms with E-state index in [0.717, 1.165) is 0 Å². The van der Waals surface area contributed by atoms with Gasteiger partial charge in [-0.05, 0) is 18.6 Å². The van der Waals surface area contributed by atoms with E-state index in [-0.39, 0.29) is 24.7 Å². The summed E-state index contributed by atoms with van der Waals surface area (Å²) in [5.74, 6) is -0.450. The van der Waals surface area contributed by atoms with E-state index in [0.29, 0.717) is 50.6 Å². The molecule has 2 aliphatic rings. The molecule has 3 heterocycles. The second-order valence-electron chi connectivity index (χ2n) is 7.52. The van der Waals surface area contributed by atoms with Gasteiger partial charge in [-0.25, -0.2) is 15.2 Å². The minimum absolute atomic E-state index is 0.129. The maximum Gasteiger partial charge on any atom is 0.414 e. The molecule has 180 valence electrons. The number of carbonyl (C=O) groups is 4. The standard InChI is InChI=1S/C20H25Cl2N5O6/c1-13(28)32-12-18(30)27-9-8-25(7-6-24-27)17-5-2-14(10-23-17)26-11-15(33-20(26)31)3-4-16(29)19(21)22/h2,5,10,15,19,24H,3-4,6-9,11-12H2,1H3/t15-/m0/s1. The highest BCUT2D eigenvalue weighted by molar-refractivity contribution is 6.53. The average Bonchev–Trinajstić information content (AvgIpc) is 2.99. The molecule has 0 unspecified atom stereocenters. The Bertz CT molecular complexity index is 884. The smallest absolute Gasteiger partial charge is 0.414 e. The first kappa shape index (κ1) is 25.0. The summed E-state index contributed by atoms with van der Waals surface area (Å²) >= 11 is 11.1. The van der Waals surface area contributed by atoms with Crippen LogP contribution in [-0.4, -0.2) is 84.0 Å². The van der Waals surface area contributed by atoms with Gasteiger partial charge in [-0.2, -0.15) is 0 Å². The fraction of sp³-hybridized carbons (Fsp3) is 0.550. The van der Waals surface area contributed by atoms with Gasteiger partial charge in [0.25, 0.3) is 5.91 Å². The molecule has 13 heteroatoms. The van der Waals surface area contributed by atoms with Crippen LogP contribution < -0.4 is 15.2 Å². The Morgan fingerprint density at radius 2 is 2.06 bits per heavy atom. The molecule has 0 spiro atoms. The summed E-state index contributed by atoms with van der Waals surface area (Å²) in [4.78, 5) is 53.7. The lowest BCUT2D eigenvalue weighted by atomic mass is 10.1. The van der Waals surface area contributed by atoms with Gasteiger partial charge in [0.15, 0.2) is 17.2 Å². The van der Waals surface area contributed by atoms with Gasteiger partial charge in [0.1, 0.15) is 11.9 Å².